The number of carbonyl (C=O) groups excluding carboxylic acids is 2. The molecular weight excluding hydrogens is 358 g/mol. The van der Waals surface area contributed by atoms with Gasteiger partial charge in [0.2, 0.25) is 5.91 Å². The van der Waals surface area contributed by atoms with Gasteiger partial charge in [-0.15, -0.1) is 0 Å². The first-order valence-electron chi connectivity index (χ1n) is 9.20. The summed E-state index contributed by atoms with van der Waals surface area (Å²) in [5.41, 5.74) is 0.902. The van der Waals surface area contributed by atoms with E-state index in [1.165, 1.54) is 12.1 Å². The molecule has 1 aliphatic heterocycles. The molecule has 2 rings (SSSR count). The van der Waals surface area contributed by atoms with Crippen LogP contribution in [0.1, 0.15) is 31.7 Å². The van der Waals surface area contributed by atoms with Crippen LogP contribution in [0.4, 0.5) is 8.78 Å². The molecule has 8 heteroatoms. The molecule has 0 aromatic heterocycles. The van der Waals surface area contributed by atoms with E-state index < -0.39 is 6.61 Å². The first-order valence-corrected chi connectivity index (χ1v) is 9.20. The number of nitrogens with one attached hydrogen (secondary N) is 1. The van der Waals surface area contributed by atoms with Gasteiger partial charge in [0.05, 0.1) is 13.2 Å². The largest absolute Gasteiger partial charge is 0.465 e. The minimum absolute atomic E-state index is 0.105. The average Bonchev–Trinajstić information content (AvgIpc) is 2.63. The van der Waals surface area contributed by atoms with Gasteiger partial charge in [0.1, 0.15) is 11.8 Å². The second-order valence-corrected chi connectivity index (χ2v) is 6.36. The fourth-order valence-electron chi connectivity index (χ4n) is 3.11. The van der Waals surface area contributed by atoms with Crippen LogP contribution in [0.15, 0.2) is 24.3 Å². The van der Waals surface area contributed by atoms with E-state index in [0.717, 1.165) is 18.4 Å². The third kappa shape index (κ3) is 7.13. The number of esters is 1. The molecule has 1 heterocycles. The fourth-order valence-corrected chi connectivity index (χ4v) is 3.11. The van der Waals surface area contributed by atoms with Crippen molar-refractivity contribution in [3.05, 3.63) is 29.8 Å². The quantitative estimate of drug-likeness (QED) is 0.662. The van der Waals surface area contributed by atoms with Crippen molar-refractivity contribution >= 4 is 11.9 Å². The maximum atomic E-state index is 12.2. The van der Waals surface area contributed by atoms with E-state index in [0.29, 0.717) is 32.5 Å². The van der Waals surface area contributed by atoms with Gasteiger partial charge in [-0.1, -0.05) is 18.6 Å². The predicted octanol–water partition coefficient (Wildman–Crippen LogP) is 2.36. The van der Waals surface area contributed by atoms with Crippen LogP contribution in [0.3, 0.4) is 0 Å². The topological polar surface area (TPSA) is 67.9 Å². The molecule has 1 aliphatic rings. The summed E-state index contributed by atoms with van der Waals surface area (Å²) in [7, 11) is 0. The van der Waals surface area contributed by atoms with E-state index in [-0.39, 0.29) is 30.2 Å². The van der Waals surface area contributed by atoms with E-state index in [4.69, 9.17) is 4.74 Å². The van der Waals surface area contributed by atoms with E-state index >= 15 is 0 Å². The highest BCUT2D eigenvalue weighted by Crippen LogP contribution is 2.18. The molecule has 0 radical (unpaired) electrons. The minimum Gasteiger partial charge on any atom is -0.465 e. The normalized spacial score (nSPS) is 17.6. The third-order valence-corrected chi connectivity index (χ3v) is 4.40. The van der Waals surface area contributed by atoms with Gasteiger partial charge in [-0.2, -0.15) is 8.78 Å². The summed E-state index contributed by atoms with van der Waals surface area (Å²) in [6.07, 6.45) is 3.18. The van der Waals surface area contributed by atoms with Crippen molar-refractivity contribution < 1.29 is 27.8 Å². The second kappa shape index (κ2) is 10.8. The molecule has 27 heavy (non-hydrogen) atoms. The van der Waals surface area contributed by atoms with E-state index in [2.05, 4.69) is 10.1 Å². The van der Waals surface area contributed by atoms with Gasteiger partial charge in [0, 0.05) is 6.54 Å². The summed E-state index contributed by atoms with van der Waals surface area (Å²) in [4.78, 5) is 26.1. The maximum Gasteiger partial charge on any atom is 0.387 e. The lowest BCUT2D eigenvalue weighted by Gasteiger charge is -2.33. The first-order chi connectivity index (χ1) is 13.0. The Balaban J connectivity index is 1.75. The first kappa shape index (κ1) is 21.1. The highest BCUT2D eigenvalue weighted by Gasteiger charge is 2.30. The molecule has 150 valence electrons. The van der Waals surface area contributed by atoms with Gasteiger partial charge < -0.3 is 14.8 Å². The van der Waals surface area contributed by atoms with Crippen LogP contribution >= 0.6 is 0 Å². The van der Waals surface area contributed by atoms with Crippen molar-refractivity contribution in [2.45, 2.75) is 45.3 Å². The zero-order chi connectivity index (χ0) is 19.6. The van der Waals surface area contributed by atoms with Gasteiger partial charge in [-0.05, 0) is 50.4 Å². The number of likely N-dealkylation sites (tertiary alicyclic amines) is 1. The van der Waals surface area contributed by atoms with Crippen molar-refractivity contribution in [1.82, 2.24) is 10.2 Å². The Morgan fingerprint density at radius 2 is 2.00 bits per heavy atom. The zero-order valence-corrected chi connectivity index (χ0v) is 15.5. The Hall–Kier alpha value is -2.22. The number of halogens is 2. The third-order valence-electron chi connectivity index (χ3n) is 4.40. The Bertz CT molecular complexity index is 610. The molecule has 1 aromatic rings. The number of amides is 1. The highest BCUT2D eigenvalue weighted by molar-refractivity contribution is 5.80. The Morgan fingerprint density at radius 1 is 1.26 bits per heavy atom. The second-order valence-electron chi connectivity index (χ2n) is 6.36. The summed E-state index contributed by atoms with van der Waals surface area (Å²) in [6, 6.07) is 5.96. The summed E-state index contributed by atoms with van der Waals surface area (Å²) in [5, 5.41) is 2.83. The van der Waals surface area contributed by atoms with Gasteiger partial charge >= 0.3 is 12.6 Å². The maximum absolute atomic E-state index is 12.2. The molecule has 0 spiro atoms. The molecule has 0 bridgehead atoms. The molecular formula is C19H26F2N2O4. The zero-order valence-electron chi connectivity index (χ0n) is 15.5. The predicted molar refractivity (Wildman–Crippen MR) is 95.6 cm³/mol. The smallest absolute Gasteiger partial charge is 0.387 e. The monoisotopic (exact) mass is 384 g/mol. The molecule has 6 nitrogen and oxygen atoms in total. The molecule has 0 unspecified atom stereocenters. The number of nitrogens with zero attached hydrogens (tertiary/aromatic N) is 1. The van der Waals surface area contributed by atoms with Crippen molar-refractivity contribution in [2.24, 2.45) is 0 Å². The van der Waals surface area contributed by atoms with Crippen LogP contribution in [-0.2, 0) is 20.7 Å². The van der Waals surface area contributed by atoms with Crippen LogP contribution in [0, 0.1) is 0 Å². The SMILES string of the molecule is CCOC(=O)[C@@H]1CCCCN1CC(=O)NCCc1ccc(OC(F)F)cc1. The number of ether oxygens (including phenoxy) is 2. The van der Waals surface area contributed by atoms with Crippen LogP contribution in [-0.4, -0.2) is 55.7 Å². The number of alkyl halides is 2. The summed E-state index contributed by atoms with van der Waals surface area (Å²) >= 11 is 0. The van der Waals surface area contributed by atoms with Gasteiger partial charge in [-0.3, -0.25) is 14.5 Å². The molecule has 1 amide bonds. The van der Waals surface area contributed by atoms with Crippen LogP contribution in [0.5, 0.6) is 5.75 Å². The van der Waals surface area contributed by atoms with Gasteiger partial charge in [-0.25, -0.2) is 0 Å². The summed E-state index contributed by atoms with van der Waals surface area (Å²) in [6.45, 7) is 0.530. The standard InChI is InChI=1S/C19H26F2N2O4/c1-2-26-18(25)16-5-3-4-12-23(16)13-17(24)22-11-10-14-6-8-15(9-7-14)27-19(20)21/h6-9,16,19H,2-5,10-13H2,1H3,(H,22,24)/t16-/m0/s1. The van der Waals surface area contributed by atoms with E-state index in [1.54, 1.807) is 19.1 Å². The van der Waals surface area contributed by atoms with E-state index in [1.807, 2.05) is 4.90 Å². The Morgan fingerprint density at radius 3 is 2.67 bits per heavy atom. The number of piperidine rings is 1. The molecule has 1 aromatic carbocycles. The summed E-state index contributed by atoms with van der Waals surface area (Å²) in [5.74, 6) is -0.312. The minimum atomic E-state index is -2.84. The van der Waals surface area contributed by atoms with Crippen LogP contribution < -0.4 is 10.1 Å². The Kier molecular flexibility index (Phi) is 8.44. The fraction of sp³-hybridized carbons (Fsp3) is 0.579. The molecule has 1 fully saturated rings. The van der Waals surface area contributed by atoms with Crippen LogP contribution in [0.25, 0.3) is 0 Å². The van der Waals surface area contributed by atoms with Crippen molar-refractivity contribution in [2.75, 3.05) is 26.2 Å². The number of hydrogen-bond donors (Lipinski definition) is 1. The lowest BCUT2D eigenvalue weighted by Crippen LogP contribution is -2.49. The van der Waals surface area contributed by atoms with E-state index in [9.17, 15) is 18.4 Å². The molecule has 1 saturated heterocycles. The molecule has 1 N–H and O–H groups in total. The Labute approximate surface area is 157 Å². The lowest BCUT2D eigenvalue weighted by molar-refractivity contribution is -0.151. The van der Waals surface area contributed by atoms with Crippen molar-refractivity contribution in [1.29, 1.82) is 0 Å². The van der Waals surface area contributed by atoms with Crippen LogP contribution in [0.2, 0.25) is 0 Å². The number of benzene rings is 1. The number of hydrogen-bond acceptors (Lipinski definition) is 5. The summed E-state index contributed by atoms with van der Waals surface area (Å²) < 4.78 is 33.6. The molecule has 0 aliphatic carbocycles. The highest BCUT2D eigenvalue weighted by atomic mass is 19.3. The van der Waals surface area contributed by atoms with Gasteiger partial charge in [0.15, 0.2) is 0 Å². The van der Waals surface area contributed by atoms with Crippen molar-refractivity contribution in [3.63, 3.8) is 0 Å². The van der Waals surface area contributed by atoms with Crippen molar-refractivity contribution in [3.8, 4) is 5.75 Å². The molecule has 0 saturated carbocycles. The average molecular weight is 384 g/mol. The van der Waals surface area contributed by atoms with Gasteiger partial charge in [0.25, 0.3) is 0 Å². The number of rotatable bonds is 9. The number of carbonyl (C=O) groups is 2. The molecule has 1 atom stereocenters. The lowest BCUT2D eigenvalue weighted by atomic mass is 10.0.